The van der Waals surface area contributed by atoms with Crippen molar-refractivity contribution in [3.63, 3.8) is 0 Å². The molecule has 0 saturated heterocycles. The minimum absolute atomic E-state index is 0.474. The van der Waals surface area contributed by atoms with Gasteiger partial charge in [0.2, 0.25) is 0 Å². The van der Waals surface area contributed by atoms with Crippen LogP contribution in [-0.4, -0.2) is 18.2 Å². The van der Waals surface area contributed by atoms with Crippen LogP contribution >= 0.6 is 0 Å². The highest BCUT2D eigenvalue weighted by Crippen LogP contribution is 2.39. The van der Waals surface area contributed by atoms with Crippen molar-refractivity contribution in [3.8, 4) is 16.9 Å². The van der Waals surface area contributed by atoms with Gasteiger partial charge >= 0.3 is 5.97 Å². The Hall–Kier alpha value is -2.29. The van der Waals surface area contributed by atoms with Crippen LogP contribution in [0.3, 0.4) is 0 Å². The predicted octanol–water partition coefficient (Wildman–Crippen LogP) is 3.45. The van der Waals surface area contributed by atoms with E-state index in [0.717, 1.165) is 17.7 Å². The molecule has 1 N–H and O–H groups in total. The van der Waals surface area contributed by atoms with Gasteiger partial charge in [-0.2, -0.15) is 0 Å². The highest BCUT2D eigenvalue weighted by atomic mass is 16.5. The first-order chi connectivity index (χ1) is 9.60. The third-order valence-corrected chi connectivity index (χ3v) is 3.98. The molecule has 0 bridgehead atoms. The van der Waals surface area contributed by atoms with Gasteiger partial charge in [-0.3, -0.25) is 4.79 Å². The van der Waals surface area contributed by atoms with E-state index in [1.54, 1.807) is 14.0 Å². The summed E-state index contributed by atoms with van der Waals surface area (Å²) in [5.41, 5.74) is 5.70. The van der Waals surface area contributed by atoms with E-state index >= 15 is 0 Å². The second kappa shape index (κ2) is 4.67. The van der Waals surface area contributed by atoms with E-state index < -0.39 is 11.9 Å². The Morgan fingerprint density at radius 1 is 1.15 bits per heavy atom. The fourth-order valence-corrected chi connectivity index (χ4v) is 2.75. The second-order valence-electron chi connectivity index (χ2n) is 5.18. The van der Waals surface area contributed by atoms with Crippen LogP contribution < -0.4 is 4.74 Å². The van der Waals surface area contributed by atoms with Crippen molar-refractivity contribution >= 4 is 5.97 Å². The third kappa shape index (κ3) is 1.95. The Morgan fingerprint density at radius 2 is 1.80 bits per heavy atom. The monoisotopic (exact) mass is 268 g/mol. The van der Waals surface area contributed by atoms with E-state index in [0.29, 0.717) is 0 Å². The first-order valence-corrected chi connectivity index (χ1v) is 6.63. The molecule has 0 heterocycles. The van der Waals surface area contributed by atoms with E-state index in [2.05, 4.69) is 12.1 Å². The van der Waals surface area contributed by atoms with Gasteiger partial charge in [-0.05, 0) is 53.3 Å². The first kappa shape index (κ1) is 12.7. The smallest absolute Gasteiger partial charge is 0.310 e. The number of methoxy groups -OCH3 is 1. The number of aliphatic carboxylic acids is 1. The maximum Gasteiger partial charge on any atom is 0.310 e. The molecule has 1 aliphatic carbocycles. The number of ether oxygens (including phenoxy) is 1. The maximum absolute atomic E-state index is 11.1. The van der Waals surface area contributed by atoms with Crippen LogP contribution in [0.1, 0.15) is 29.5 Å². The maximum atomic E-state index is 11.1. The number of carboxylic acid groups (broad SMARTS) is 1. The summed E-state index contributed by atoms with van der Waals surface area (Å²) in [6, 6.07) is 12.0. The van der Waals surface area contributed by atoms with Gasteiger partial charge in [-0.25, -0.2) is 0 Å². The van der Waals surface area contributed by atoms with Crippen LogP contribution in [-0.2, 0) is 11.2 Å². The summed E-state index contributed by atoms with van der Waals surface area (Å²) < 4.78 is 5.25. The highest BCUT2D eigenvalue weighted by Gasteiger charge is 2.21. The molecule has 3 rings (SSSR count). The number of carbonyl (C=O) groups is 1. The molecular weight excluding hydrogens is 252 g/mol. The molecule has 3 heteroatoms. The molecule has 0 saturated carbocycles. The molecule has 1 atom stereocenters. The Balaban J connectivity index is 2.02. The molecule has 0 aliphatic heterocycles. The van der Waals surface area contributed by atoms with E-state index in [1.807, 2.05) is 24.3 Å². The number of rotatable bonds is 3. The molecule has 2 aromatic rings. The van der Waals surface area contributed by atoms with Crippen LogP contribution in [0.15, 0.2) is 36.4 Å². The number of fused-ring (bicyclic) bond motifs is 3. The van der Waals surface area contributed by atoms with Crippen LogP contribution in [0.5, 0.6) is 5.75 Å². The van der Waals surface area contributed by atoms with Crippen molar-refractivity contribution in [1.29, 1.82) is 0 Å². The molecule has 3 nitrogen and oxygen atoms in total. The zero-order chi connectivity index (χ0) is 14.3. The van der Waals surface area contributed by atoms with Crippen molar-refractivity contribution in [2.24, 2.45) is 0 Å². The normalized spacial score (nSPS) is 13.5. The van der Waals surface area contributed by atoms with Crippen LogP contribution in [0.2, 0.25) is 0 Å². The Bertz CT molecular complexity index is 689. The zero-order valence-electron chi connectivity index (χ0n) is 11.5. The Labute approximate surface area is 117 Å². The average molecular weight is 268 g/mol. The minimum Gasteiger partial charge on any atom is -0.497 e. The lowest BCUT2D eigenvalue weighted by atomic mass is 9.96. The van der Waals surface area contributed by atoms with Crippen molar-refractivity contribution in [2.45, 2.75) is 19.3 Å². The molecule has 0 amide bonds. The van der Waals surface area contributed by atoms with Gasteiger partial charge < -0.3 is 9.84 Å². The number of carboxylic acids is 1. The van der Waals surface area contributed by atoms with E-state index in [1.165, 1.54) is 22.3 Å². The summed E-state index contributed by atoms with van der Waals surface area (Å²) >= 11 is 0. The van der Waals surface area contributed by atoms with Crippen LogP contribution in [0.4, 0.5) is 0 Å². The molecule has 0 radical (unpaired) electrons. The van der Waals surface area contributed by atoms with Gasteiger partial charge in [0, 0.05) is 0 Å². The molecule has 0 aromatic heterocycles. The largest absolute Gasteiger partial charge is 0.497 e. The van der Waals surface area contributed by atoms with Crippen molar-refractivity contribution in [3.05, 3.63) is 53.1 Å². The molecular formula is C17H16O3. The lowest BCUT2D eigenvalue weighted by Gasteiger charge is -2.09. The quantitative estimate of drug-likeness (QED) is 0.791. The fraction of sp³-hybridized carbons (Fsp3) is 0.235. The summed E-state index contributed by atoms with van der Waals surface area (Å²) in [5, 5.41) is 9.11. The van der Waals surface area contributed by atoms with Crippen molar-refractivity contribution in [2.75, 3.05) is 7.11 Å². The topological polar surface area (TPSA) is 46.5 Å². The molecule has 0 spiro atoms. The standard InChI is InChI=1S/C17H16O3/c1-10(17(18)19)11-3-5-15-12(7-11)8-13-9-14(20-2)4-6-16(13)15/h3-7,9-10H,8H2,1-2H3,(H,18,19). The van der Waals surface area contributed by atoms with Crippen LogP contribution in [0, 0.1) is 0 Å². The van der Waals surface area contributed by atoms with E-state index in [-0.39, 0.29) is 0 Å². The SMILES string of the molecule is COc1ccc2c(c1)Cc1cc(C(C)C(=O)O)ccc1-2. The predicted molar refractivity (Wildman–Crippen MR) is 77.3 cm³/mol. The van der Waals surface area contributed by atoms with E-state index in [4.69, 9.17) is 9.84 Å². The number of benzene rings is 2. The highest BCUT2D eigenvalue weighted by molar-refractivity contribution is 5.80. The lowest BCUT2D eigenvalue weighted by Crippen LogP contribution is -2.07. The van der Waals surface area contributed by atoms with Crippen LogP contribution in [0.25, 0.3) is 11.1 Å². The first-order valence-electron chi connectivity index (χ1n) is 6.63. The van der Waals surface area contributed by atoms with Gasteiger partial charge in [-0.1, -0.05) is 24.3 Å². The molecule has 0 fully saturated rings. The fourth-order valence-electron chi connectivity index (χ4n) is 2.75. The van der Waals surface area contributed by atoms with Gasteiger partial charge in [-0.15, -0.1) is 0 Å². The summed E-state index contributed by atoms with van der Waals surface area (Å²) in [4.78, 5) is 11.1. The van der Waals surface area contributed by atoms with E-state index in [9.17, 15) is 4.79 Å². The van der Waals surface area contributed by atoms with Gasteiger partial charge in [0.1, 0.15) is 5.75 Å². The number of hydrogen-bond acceptors (Lipinski definition) is 2. The lowest BCUT2D eigenvalue weighted by molar-refractivity contribution is -0.138. The third-order valence-electron chi connectivity index (χ3n) is 3.98. The van der Waals surface area contributed by atoms with Crippen molar-refractivity contribution < 1.29 is 14.6 Å². The molecule has 20 heavy (non-hydrogen) atoms. The van der Waals surface area contributed by atoms with Crippen molar-refractivity contribution in [1.82, 2.24) is 0 Å². The summed E-state index contributed by atoms with van der Waals surface area (Å²) in [6.45, 7) is 1.72. The van der Waals surface area contributed by atoms with Gasteiger partial charge in [0.15, 0.2) is 0 Å². The van der Waals surface area contributed by atoms with Gasteiger partial charge in [0.25, 0.3) is 0 Å². The number of hydrogen-bond donors (Lipinski definition) is 1. The average Bonchev–Trinajstić information content (AvgIpc) is 2.82. The summed E-state index contributed by atoms with van der Waals surface area (Å²) in [6.07, 6.45) is 0.835. The zero-order valence-corrected chi connectivity index (χ0v) is 11.5. The molecule has 2 aromatic carbocycles. The molecule has 1 aliphatic rings. The summed E-state index contributed by atoms with van der Waals surface area (Å²) in [7, 11) is 1.66. The van der Waals surface area contributed by atoms with Gasteiger partial charge in [0.05, 0.1) is 13.0 Å². The molecule has 1 unspecified atom stereocenters. The second-order valence-corrected chi connectivity index (χ2v) is 5.18. The minimum atomic E-state index is -0.790. The molecule has 102 valence electrons. The Morgan fingerprint density at radius 3 is 2.45 bits per heavy atom. The summed E-state index contributed by atoms with van der Waals surface area (Å²) in [5.74, 6) is -0.406. The Kier molecular flexibility index (Phi) is 2.97.